The third kappa shape index (κ3) is 4.67. The molecule has 1 atom stereocenters. The number of pyridine rings is 1. The van der Waals surface area contributed by atoms with E-state index in [4.69, 9.17) is 0 Å². The van der Waals surface area contributed by atoms with Crippen molar-refractivity contribution in [3.63, 3.8) is 0 Å². The van der Waals surface area contributed by atoms with E-state index in [1.165, 1.54) is 0 Å². The second-order valence-corrected chi connectivity index (χ2v) is 12.0. The van der Waals surface area contributed by atoms with Crippen molar-refractivity contribution in [2.45, 2.75) is 75.6 Å². The summed E-state index contributed by atoms with van der Waals surface area (Å²) in [7, 11) is 0. The first-order chi connectivity index (χ1) is 18.7. The number of piperidine rings is 1. The van der Waals surface area contributed by atoms with Crippen LogP contribution in [0.2, 0.25) is 0 Å². The zero-order chi connectivity index (χ0) is 27.4. The number of benzene rings is 1. The molecule has 1 aromatic carbocycles. The number of nitrogens with zero attached hydrogens (tertiary/aromatic N) is 4. The number of hydrogen-bond acceptors (Lipinski definition) is 5. The number of H-pyrrole nitrogens is 1. The van der Waals surface area contributed by atoms with Gasteiger partial charge in [-0.05, 0) is 54.9 Å². The fourth-order valence-corrected chi connectivity index (χ4v) is 6.29. The highest BCUT2D eigenvalue weighted by molar-refractivity contribution is 5.73. The number of rotatable bonds is 7. The second-order valence-electron chi connectivity index (χ2n) is 12.0. The fourth-order valence-electron chi connectivity index (χ4n) is 6.29. The van der Waals surface area contributed by atoms with Gasteiger partial charge < -0.3 is 10.0 Å². The topological polar surface area (TPSA) is 85.3 Å². The van der Waals surface area contributed by atoms with Crippen molar-refractivity contribution >= 4 is 5.91 Å². The van der Waals surface area contributed by atoms with Gasteiger partial charge in [0, 0.05) is 74.3 Å². The van der Waals surface area contributed by atoms with Gasteiger partial charge in [-0.2, -0.15) is 5.10 Å². The Hall–Kier alpha value is -3.10. The average Bonchev–Trinajstić information content (AvgIpc) is 3.65. The highest BCUT2D eigenvalue weighted by atomic mass is 19.1. The Labute approximate surface area is 229 Å². The number of alkyl halides is 1. The van der Waals surface area contributed by atoms with Crippen molar-refractivity contribution < 1.29 is 14.3 Å². The molecule has 39 heavy (non-hydrogen) atoms. The van der Waals surface area contributed by atoms with E-state index in [2.05, 4.69) is 33.9 Å². The number of aromatic nitrogens is 3. The number of likely N-dealkylation sites (tertiary alicyclic amines) is 2. The summed E-state index contributed by atoms with van der Waals surface area (Å²) in [5.74, 6) is 0.756. The Kier molecular flexibility index (Phi) is 6.58. The van der Waals surface area contributed by atoms with Crippen LogP contribution in [-0.4, -0.2) is 73.9 Å². The summed E-state index contributed by atoms with van der Waals surface area (Å²) in [6, 6.07) is 12.0. The molecular formula is C31H38FN5O2. The normalized spacial score (nSPS) is 21.5. The van der Waals surface area contributed by atoms with Gasteiger partial charge in [0.1, 0.15) is 0 Å². The molecule has 2 aliphatic heterocycles. The predicted molar refractivity (Wildman–Crippen MR) is 148 cm³/mol. The van der Waals surface area contributed by atoms with E-state index in [-0.39, 0.29) is 19.0 Å². The Morgan fingerprint density at radius 2 is 1.77 bits per heavy atom. The maximum Gasteiger partial charge on any atom is 0.219 e. The Morgan fingerprint density at radius 3 is 2.38 bits per heavy atom. The molecule has 4 heterocycles. The molecule has 2 N–H and O–H groups in total. The summed E-state index contributed by atoms with van der Waals surface area (Å²) in [6.07, 6.45) is 7.27. The third-order valence-electron chi connectivity index (χ3n) is 9.04. The number of carbonyl (C=O) groups excluding carboxylic acids is 1. The van der Waals surface area contributed by atoms with E-state index in [1.54, 1.807) is 19.3 Å². The molecule has 1 amide bonds. The van der Waals surface area contributed by atoms with Gasteiger partial charge in [0.2, 0.25) is 5.91 Å². The molecule has 2 aromatic heterocycles. The van der Waals surface area contributed by atoms with E-state index in [1.807, 2.05) is 41.3 Å². The average molecular weight is 532 g/mol. The maximum atomic E-state index is 16.7. The molecule has 7 nitrogen and oxygen atoms in total. The fraction of sp³-hybridized carbons (Fsp3) is 0.516. The Balaban J connectivity index is 1.31. The molecule has 3 aliphatic rings. The minimum Gasteiger partial charge on any atom is -0.377 e. The van der Waals surface area contributed by atoms with Gasteiger partial charge >= 0.3 is 0 Å². The van der Waals surface area contributed by atoms with Crippen LogP contribution in [0, 0.1) is 0 Å². The molecule has 0 unspecified atom stereocenters. The number of nitrogens with one attached hydrogen (secondary N) is 1. The minimum absolute atomic E-state index is 0.116. The van der Waals surface area contributed by atoms with Crippen LogP contribution in [0.25, 0.3) is 11.3 Å². The van der Waals surface area contributed by atoms with Crippen LogP contribution < -0.4 is 0 Å². The van der Waals surface area contributed by atoms with Crippen LogP contribution in [0.3, 0.4) is 0 Å². The zero-order valence-electron chi connectivity index (χ0n) is 23.0. The summed E-state index contributed by atoms with van der Waals surface area (Å²) in [6.45, 7) is 7.74. The van der Waals surface area contributed by atoms with E-state index in [0.29, 0.717) is 34.7 Å². The first-order valence-electron chi connectivity index (χ1n) is 14.2. The zero-order valence-corrected chi connectivity index (χ0v) is 23.0. The van der Waals surface area contributed by atoms with Crippen molar-refractivity contribution in [3.05, 3.63) is 71.2 Å². The summed E-state index contributed by atoms with van der Waals surface area (Å²) >= 11 is 0. The van der Waals surface area contributed by atoms with Gasteiger partial charge in [0.05, 0.1) is 5.69 Å². The molecule has 2 saturated heterocycles. The van der Waals surface area contributed by atoms with Crippen LogP contribution in [-0.2, 0) is 10.4 Å². The monoisotopic (exact) mass is 531 g/mol. The first kappa shape index (κ1) is 26.1. The van der Waals surface area contributed by atoms with E-state index in [0.717, 1.165) is 55.6 Å². The summed E-state index contributed by atoms with van der Waals surface area (Å²) < 4.78 is 16.7. The smallest absolute Gasteiger partial charge is 0.219 e. The van der Waals surface area contributed by atoms with Crippen molar-refractivity contribution in [2.75, 3.05) is 26.2 Å². The molecule has 0 radical (unpaired) electrons. The largest absolute Gasteiger partial charge is 0.377 e. The number of amides is 1. The number of aliphatic hydroxyl groups is 1. The summed E-state index contributed by atoms with van der Waals surface area (Å²) in [5.41, 5.74) is 0.943. The highest BCUT2D eigenvalue weighted by Crippen LogP contribution is 2.50. The lowest BCUT2D eigenvalue weighted by atomic mass is 9.70. The van der Waals surface area contributed by atoms with Gasteiger partial charge in [-0.1, -0.05) is 38.1 Å². The lowest BCUT2D eigenvalue weighted by molar-refractivity contribution is -0.163. The molecule has 1 saturated carbocycles. The van der Waals surface area contributed by atoms with Crippen molar-refractivity contribution in [3.8, 4) is 11.3 Å². The molecule has 3 aromatic rings. The quantitative estimate of drug-likeness (QED) is 0.460. The summed E-state index contributed by atoms with van der Waals surface area (Å²) in [5, 5.41) is 20.1. The van der Waals surface area contributed by atoms with Gasteiger partial charge in [-0.15, -0.1) is 0 Å². The van der Waals surface area contributed by atoms with Crippen LogP contribution >= 0.6 is 0 Å². The van der Waals surface area contributed by atoms with Gasteiger partial charge in [-0.3, -0.25) is 19.8 Å². The Bertz CT molecular complexity index is 1340. The van der Waals surface area contributed by atoms with Crippen molar-refractivity contribution in [2.24, 2.45) is 0 Å². The van der Waals surface area contributed by atoms with E-state index in [9.17, 15) is 9.90 Å². The predicted octanol–water partition coefficient (Wildman–Crippen LogP) is 4.74. The van der Waals surface area contributed by atoms with Crippen LogP contribution in [0.5, 0.6) is 0 Å². The lowest BCUT2D eigenvalue weighted by Gasteiger charge is -2.53. The molecule has 1 aliphatic carbocycles. The lowest BCUT2D eigenvalue weighted by Crippen LogP contribution is -2.69. The molecule has 3 fully saturated rings. The molecule has 8 heteroatoms. The summed E-state index contributed by atoms with van der Waals surface area (Å²) in [4.78, 5) is 20.2. The van der Waals surface area contributed by atoms with Crippen LogP contribution in [0.4, 0.5) is 4.39 Å². The number of halogens is 1. The van der Waals surface area contributed by atoms with Crippen LogP contribution in [0.1, 0.15) is 80.7 Å². The van der Waals surface area contributed by atoms with Gasteiger partial charge in [0.15, 0.2) is 11.3 Å². The van der Waals surface area contributed by atoms with E-state index < -0.39 is 11.3 Å². The minimum atomic E-state index is -1.84. The van der Waals surface area contributed by atoms with Crippen molar-refractivity contribution in [1.29, 1.82) is 0 Å². The standard InChI is InChI=1S/C31H38FN5O2/c1-20(2)22-4-6-25(7-5-22)31(39,30(32)18-37(19-30)27-8-9-27)26-14-24(16-33-17-26)29-15-28(34-35-29)23-10-12-36(13-11-23)21(3)38/h4-7,14-17,20,23,27,39H,8-13,18-19H2,1-3H3,(H,34,35)/t31-/m0/s1. The van der Waals surface area contributed by atoms with Gasteiger partial charge in [0.25, 0.3) is 0 Å². The van der Waals surface area contributed by atoms with Crippen molar-refractivity contribution in [1.82, 2.24) is 25.0 Å². The first-order valence-corrected chi connectivity index (χ1v) is 14.2. The molecule has 0 spiro atoms. The highest BCUT2D eigenvalue weighted by Gasteiger charge is 2.62. The maximum absolute atomic E-state index is 16.7. The number of carbonyl (C=O) groups is 1. The second kappa shape index (κ2) is 9.82. The molecule has 0 bridgehead atoms. The SMILES string of the molecule is CC(=O)N1CCC(c2cc(-c3cncc([C@@](O)(c4ccc(C(C)C)cc4)C4(F)CN(C5CC5)C4)c3)n[nH]2)CC1. The molecule has 6 rings (SSSR count). The molecular weight excluding hydrogens is 493 g/mol. The number of aromatic amines is 1. The Morgan fingerprint density at radius 1 is 1.08 bits per heavy atom. The van der Waals surface area contributed by atoms with Crippen LogP contribution in [0.15, 0.2) is 48.8 Å². The number of hydrogen-bond donors (Lipinski definition) is 2. The van der Waals surface area contributed by atoms with Gasteiger partial charge in [-0.25, -0.2) is 4.39 Å². The van der Waals surface area contributed by atoms with E-state index >= 15 is 4.39 Å². The third-order valence-corrected chi connectivity index (χ3v) is 9.04. The molecule has 206 valence electrons.